The fourth-order valence-corrected chi connectivity index (χ4v) is 2.72. The standard InChI is InChI=1S/C18H30N4O2.C5H8F2.C2H6/c1-4-9-22(5-2)10-8-18(3,24)12-17(23)21-15-6-7-16(20)14(11-15)13-19;1-2-3-4-5(6)7;1-2/h4,6-7,9,11,13,17,19,21,23-24H,5,8,10,12,20H2,1-3H3;2-3,5H,4H2,1H3;1-2H3/b9-4+,19-13?;3-2-;. The lowest BCUT2D eigenvalue weighted by atomic mass is 9.96. The van der Waals surface area contributed by atoms with Crippen LogP contribution in [0, 0.1) is 5.41 Å². The monoisotopic (exact) mass is 470 g/mol. The number of nitrogen functional groups attached to an aromatic ring is 1. The normalized spacial score (nSPS) is 13.5. The van der Waals surface area contributed by atoms with E-state index in [-0.39, 0.29) is 12.8 Å². The average Bonchev–Trinajstić information content (AvgIpc) is 2.77. The van der Waals surface area contributed by atoms with Crippen molar-refractivity contribution in [2.24, 2.45) is 0 Å². The molecule has 0 amide bonds. The Morgan fingerprint density at radius 1 is 1.24 bits per heavy atom. The number of aliphatic hydroxyl groups is 2. The van der Waals surface area contributed by atoms with Gasteiger partial charge in [-0.1, -0.05) is 32.1 Å². The van der Waals surface area contributed by atoms with Crippen molar-refractivity contribution in [3.05, 3.63) is 48.2 Å². The van der Waals surface area contributed by atoms with Gasteiger partial charge in [0.2, 0.25) is 6.43 Å². The van der Waals surface area contributed by atoms with E-state index in [4.69, 9.17) is 11.1 Å². The van der Waals surface area contributed by atoms with E-state index in [0.29, 0.717) is 23.4 Å². The van der Waals surface area contributed by atoms with Crippen LogP contribution in [0.3, 0.4) is 0 Å². The fourth-order valence-electron chi connectivity index (χ4n) is 2.72. The number of alkyl halides is 2. The molecule has 0 aromatic heterocycles. The van der Waals surface area contributed by atoms with Crippen LogP contribution in [0.2, 0.25) is 0 Å². The lowest BCUT2D eigenvalue weighted by Crippen LogP contribution is -2.36. The smallest absolute Gasteiger partial charge is 0.242 e. The summed E-state index contributed by atoms with van der Waals surface area (Å²) < 4.78 is 22.3. The Labute approximate surface area is 198 Å². The van der Waals surface area contributed by atoms with Crippen LogP contribution in [0.1, 0.15) is 66.4 Å². The summed E-state index contributed by atoms with van der Waals surface area (Å²) in [5.74, 6) is 0. The van der Waals surface area contributed by atoms with Crippen LogP contribution in [-0.2, 0) is 0 Å². The first-order valence-electron chi connectivity index (χ1n) is 11.4. The summed E-state index contributed by atoms with van der Waals surface area (Å²) in [7, 11) is 0. The summed E-state index contributed by atoms with van der Waals surface area (Å²) in [6.07, 6.45) is 5.77. The molecule has 190 valence electrons. The third-order valence-corrected chi connectivity index (χ3v) is 4.46. The Balaban J connectivity index is 0. The molecule has 0 spiro atoms. The van der Waals surface area contributed by atoms with Gasteiger partial charge in [0, 0.05) is 49.1 Å². The Bertz CT molecular complexity index is 695. The summed E-state index contributed by atoms with van der Waals surface area (Å²) in [6.45, 7) is 13.1. The number of nitrogens with zero attached hydrogens (tertiary/aromatic N) is 1. The molecule has 0 fully saturated rings. The van der Waals surface area contributed by atoms with Gasteiger partial charge in [0.05, 0.1) is 5.60 Å². The third kappa shape index (κ3) is 16.8. The summed E-state index contributed by atoms with van der Waals surface area (Å²) >= 11 is 0. The maximum atomic E-state index is 11.2. The minimum Gasteiger partial charge on any atom is -0.398 e. The number of allylic oxidation sites excluding steroid dienone is 3. The van der Waals surface area contributed by atoms with Crippen LogP contribution < -0.4 is 11.1 Å². The molecule has 0 heterocycles. The van der Waals surface area contributed by atoms with Crippen LogP contribution in [0.15, 0.2) is 42.6 Å². The highest BCUT2D eigenvalue weighted by Crippen LogP contribution is 2.21. The molecule has 2 atom stereocenters. The summed E-state index contributed by atoms with van der Waals surface area (Å²) in [4.78, 5) is 2.12. The van der Waals surface area contributed by atoms with Crippen LogP contribution >= 0.6 is 0 Å². The minimum atomic E-state index is -2.18. The Morgan fingerprint density at radius 2 is 1.88 bits per heavy atom. The predicted octanol–water partition coefficient (Wildman–Crippen LogP) is 5.63. The van der Waals surface area contributed by atoms with Gasteiger partial charge in [-0.3, -0.25) is 0 Å². The number of hydrogen-bond donors (Lipinski definition) is 5. The molecular formula is C25H44F2N4O2. The van der Waals surface area contributed by atoms with E-state index < -0.39 is 18.3 Å². The van der Waals surface area contributed by atoms with Gasteiger partial charge in [0.1, 0.15) is 6.23 Å². The number of rotatable bonds is 12. The third-order valence-electron chi connectivity index (χ3n) is 4.46. The molecular weight excluding hydrogens is 426 g/mol. The molecule has 2 unspecified atom stereocenters. The van der Waals surface area contributed by atoms with Gasteiger partial charge in [-0.05, 0) is 58.5 Å². The minimum absolute atomic E-state index is 0.115. The van der Waals surface area contributed by atoms with Crippen LogP contribution in [-0.4, -0.2) is 52.7 Å². The van der Waals surface area contributed by atoms with Crippen LogP contribution in [0.5, 0.6) is 0 Å². The van der Waals surface area contributed by atoms with E-state index >= 15 is 0 Å². The molecule has 33 heavy (non-hydrogen) atoms. The molecule has 0 bridgehead atoms. The maximum absolute atomic E-state index is 11.2. The number of anilines is 2. The summed E-state index contributed by atoms with van der Waals surface area (Å²) in [5.41, 5.74) is 6.52. The lowest BCUT2D eigenvalue weighted by Gasteiger charge is -2.29. The van der Waals surface area contributed by atoms with Crippen molar-refractivity contribution in [2.45, 2.75) is 79.1 Å². The van der Waals surface area contributed by atoms with Gasteiger partial charge in [-0.15, -0.1) is 0 Å². The Morgan fingerprint density at radius 3 is 2.33 bits per heavy atom. The number of nitrogens with two attached hydrogens (primary N) is 1. The van der Waals surface area contributed by atoms with Gasteiger partial charge in [-0.2, -0.15) is 0 Å². The van der Waals surface area contributed by atoms with E-state index in [0.717, 1.165) is 13.1 Å². The highest BCUT2D eigenvalue weighted by molar-refractivity contribution is 5.86. The van der Waals surface area contributed by atoms with Crippen LogP contribution in [0.25, 0.3) is 0 Å². The number of aliphatic hydroxyl groups excluding tert-OH is 1. The molecule has 1 aromatic carbocycles. The first-order chi connectivity index (χ1) is 15.6. The molecule has 6 N–H and O–H groups in total. The zero-order valence-electron chi connectivity index (χ0n) is 21.0. The molecule has 0 saturated carbocycles. The molecule has 1 aromatic rings. The van der Waals surface area contributed by atoms with E-state index in [9.17, 15) is 19.0 Å². The molecule has 1 rings (SSSR count). The molecule has 8 heteroatoms. The molecule has 0 aliphatic carbocycles. The quantitative estimate of drug-likeness (QED) is 0.118. The highest BCUT2D eigenvalue weighted by Gasteiger charge is 2.25. The number of halogens is 2. The SMILES string of the molecule is C/C=C/N(CC)CCC(C)(O)CC(O)Nc1ccc(N)c(C=N)c1.C/C=C\CC(F)F.CC. The number of hydrogen-bond acceptors (Lipinski definition) is 6. The topological polar surface area (TPSA) is 106 Å². The van der Waals surface area contributed by atoms with Crippen molar-refractivity contribution >= 4 is 17.6 Å². The average molecular weight is 471 g/mol. The Kier molecular flexibility index (Phi) is 18.9. The maximum Gasteiger partial charge on any atom is 0.242 e. The van der Waals surface area contributed by atoms with E-state index in [1.807, 2.05) is 33.0 Å². The number of benzene rings is 1. The molecule has 0 aliphatic heterocycles. The van der Waals surface area contributed by atoms with Gasteiger partial charge >= 0.3 is 0 Å². The number of nitrogens with one attached hydrogen (secondary N) is 2. The highest BCUT2D eigenvalue weighted by atomic mass is 19.3. The van der Waals surface area contributed by atoms with Gasteiger partial charge in [0.15, 0.2) is 0 Å². The van der Waals surface area contributed by atoms with Gasteiger partial charge in [-0.25, -0.2) is 8.78 Å². The van der Waals surface area contributed by atoms with Crippen molar-refractivity contribution in [1.82, 2.24) is 4.90 Å². The van der Waals surface area contributed by atoms with Gasteiger partial charge in [0.25, 0.3) is 0 Å². The van der Waals surface area contributed by atoms with Crippen LogP contribution in [0.4, 0.5) is 20.2 Å². The van der Waals surface area contributed by atoms with E-state index in [1.54, 1.807) is 38.1 Å². The second kappa shape index (κ2) is 19.1. The van der Waals surface area contributed by atoms with Crippen molar-refractivity contribution in [3.8, 4) is 0 Å². The largest absolute Gasteiger partial charge is 0.398 e. The second-order valence-electron chi connectivity index (χ2n) is 7.41. The fraction of sp³-hybridized carbons (Fsp3) is 0.560. The Hall–Kier alpha value is -2.45. The van der Waals surface area contributed by atoms with E-state index in [1.165, 1.54) is 12.3 Å². The molecule has 0 radical (unpaired) electrons. The summed E-state index contributed by atoms with van der Waals surface area (Å²) in [5, 5.41) is 31.0. The van der Waals surface area contributed by atoms with Crippen molar-refractivity contribution in [2.75, 3.05) is 24.1 Å². The predicted molar refractivity (Wildman–Crippen MR) is 137 cm³/mol. The first kappa shape index (κ1) is 32.7. The van der Waals surface area contributed by atoms with Crippen molar-refractivity contribution < 1.29 is 19.0 Å². The van der Waals surface area contributed by atoms with Crippen molar-refractivity contribution in [1.29, 1.82) is 5.41 Å². The molecule has 0 aliphatic rings. The summed E-state index contributed by atoms with van der Waals surface area (Å²) in [6, 6.07) is 5.13. The zero-order chi connectivity index (χ0) is 25.9. The van der Waals surface area contributed by atoms with Crippen molar-refractivity contribution in [3.63, 3.8) is 0 Å². The molecule has 6 nitrogen and oxygen atoms in total. The second-order valence-corrected chi connectivity index (χ2v) is 7.41. The molecule has 0 saturated heterocycles. The first-order valence-corrected chi connectivity index (χ1v) is 11.4. The van der Waals surface area contributed by atoms with E-state index in [2.05, 4.69) is 17.1 Å². The van der Waals surface area contributed by atoms with Gasteiger partial charge < -0.3 is 31.6 Å². The lowest BCUT2D eigenvalue weighted by molar-refractivity contribution is 0.000764. The zero-order valence-corrected chi connectivity index (χ0v) is 21.0.